The first-order chi connectivity index (χ1) is 13.2. The van der Waals surface area contributed by atoms with Crippen LogP contribution in [-0.2, 0) is 9.84 Å². The Morgan fingerprint density at radius 1 is 1.18 bits per heavy atom. The van der Waals surface area contributed by atoms with Gasteiger partial charge in [0.25, 0.3) is 0 Å². The number of aliphatic hydroxyl groups excluding tert-OH is 1. The zero-order chi connectivity index (χ0) is 20.4. The Morgan fingerprint density at radius 2 is 1.82 bits per heavy atom. The van der Waals surface area contributed by atoms with E-state index >= 15 is 0 Å². The summed E-state index contributed by atoms with van der Waals surface area (Å²) in [6, 6.07) is 7.90. The van der Waals surface area contributed by atoms with Gasteiger partial charge >= 0.3 is 0 Å². The van der Waals surface area contributed by atoms with Crippen LogP contribution in [0.25, 0.3) is 0 Å². The molecule has 2 heterocycles. The normalized spacial score (nSPS) is 26.5. The highest BCUT2D eigenvalue weighted by molar-refractivity contribution is 7.91. The molecule has 7 nitrogen and oxygen atoms in total. The summed E-state index contributed by atoms with van der Waals surface area (Å²) in [6.45, 7) is 4.09. The van der Waals surface area contributed by atoms with Gasteiger partial charge in [-0.15, -0.1) is 0 Å². The summed E-state index contributed by atoms with van der Waals surface area (Å²) in [5.41, 5.74) is -0.304. The van der Waals surface area contributed by atoms with Crippen LogP contribution in [0.1, 0.15) is 26.2 Å². The summed E-state index contributed by atoms with van der Waals surface area (Å²) in [5, 5.41) is 20.7. The largest absolute Gasteiger partial charge is 0.497 e. The van der Waals surface area contributed by atoms with E-state index in [0.717, 1.165) is 24.5 Å². The lowest BCUT2D eigenvalue weighted by atomic mass is 9.88. The number of methoxy groups -OCH3 is 1. The molecule has 1 aromatic carbocycles. The number of aliphatic hydroxyl groups is 2. The Morgan fingerprint density at radius 3 is 2.32 bits per heavy atom. The molecule has 2 N–H and O–H groups in total. The number of sulfone groups is 1. The summed E-state index contributed by atoms with van der Waals surface area (Å²) < 4.78 is 29.2. The maximum Gasteiger partial charge on any atom is 0.152 e. The molecule has 2 fully saturated rings. The molecule has 158 valence electrons. The number of ether oxygens (including phenoxy) is 1. The summed E-state index contributed by atoms with van der Waals surface area (Å²) in [7, 11) is -1.41. The van der Waals surface area contributed by atoms with Gasteiger partial charge < -0.3 is 19.8 Å². The average Bonchev–Trinajstić information content (AvgIpc) is 2.96. The summed E-state index contributed by atoms with van der Waals surface area (Å²) in [5.74, 6) is 1.08. The van der Waals surface area contributed by atoms with Crippen molar-refractivity contribution in [2.24, 2.45) is 0 Å². The van der Waals surface area contributed by atoms with Crippen molar-refractivity contribution in [3.05, 3.63) is 24.3 Å². The van der Waals surface area contributed by atoms with E-state index in [2.05, 4.69) is 4.90 Å². The highest BCUT2D eigenvalue weighted by Crippen LogP contribution is 2.34. The topological polar surface area (TPSA) is 90.3 Å². The Hall–Kier alpha value is -1.35. The van der Waals surface area contributed by atoms with E-state index in [0.29, 0.717) is 32.4 Å². The molecule has 1 atom stereocenters. The molecule has 0 bridgehead atoms. The van der Waals surface area contributed by atoms with E-state index < -0.39 is 21.0 Å². The Balaban J connectivity index is 1.64. The number of β-amino-alcohol motifs (C(OH)–C–C–N with tert-alkyl or cyclic N) is 2. The van der Waals surface area contributed by atoms with Gasteiger partial charge in [-0.2, -0.15) is 0 Å². The molecule has 0 spiro atoms. The second-order valence-corrected chi connectivity index (χ2v) is 10.6. The van der Waals surface area contributed by atoms with E-state index in [1.807, 2.05) is 36.1 Å². The molecular weight excluding hydrogens is 380 g/mol. The highest BCUT2D eigenvalue weighted by Gasteiger charge is 2.45. The fraction of sp³-hybridized carbons (Fsp3) is 0.700. The van der Waals surface area contributed by atoms with Crippen LogP contribution in [0.5, 0.6) is 5.75 Å². The predicted molar refractivity (Wildman–Crippen MR) is 110 cm³/mol. The lowest BCUT2D eigenvalue weighted by molar-refractivity contribution is -0.0443. The van der Waals surface area contributed by atoms with Crippen molar-refractivity contribution < 1.29 is 23.4 Å². The van der Waals surface area contributed by atoms with Gasteiger partial charge in [0.05, 0.1) is 30.8 Å². The minimum Gasteiger partial charge on any atom is -0.497 e. The number of anilines is 1. The Labute approximate surface area is 167 Å². The maximum atomic E-state index is 12.0. The summed E-state index contributed by atoms with van der Waals surface area (Å²) in [6.07, 6.45) is 1.75. The van der Waals surface area contributed by atoms with Crippen LogP contribution in [-0.4, -0.2) is 86.1 Å². The lowest BCUT2D eigenvalue weighted by Gasteiger charge is -2.46. The van der Waals surface area contributed by atoms with Crippen LogP contribution in [0.15, 0.2) is 24.3 Å². The van der Waals surface area contributed by atoms with Gasteiger partial charge in [-0.3, -0.25) is 4.90 Å². The molecule has 3 rings (SSSR count). The van der Waals surface area contributed by atoms with Gasteiger partial charge in [-0.25, -0.2) is 8.42 Å². The molecule has 2 aliphatic heterocycles. The maximum absolute atomic E-state index is 12.0. The molecule has 2 aliphatic rings. The minimum atomic E-state index is -3.05. The van der Waals surface area contributed by atoms with Gasteiger partial charge in [0.1, 0.15) is 5.75 Å². The van der Waals surface area contributed by atoms with Crippen LogP contribution in [0.3, 0.4) is 0 Å². The predicted octanol–water partition coefficient (Wildman–Crippen LogP) is 0.898. The Kier molecular flexibility index (Phi) is 6.24. The molecule has 0 saturated carbocycles. The summed E-state index contributed by atoms with van der Waals surface area (Å²) in [4.78, 5) is 4.23. The van der Waals surface area contributed by atoms with E-state index in [1.54, 1.807) is 7.11 Å². The first kappa shape index (κ1) is 21.4. The van der Waals surface area contributed by atoms with Crippen LogP contribution in [0.2, 0.25) is 0 Å². The fourth-order valence-electron chi connectivity index (χ4n) is 4.39. The first-order valence-corrected chi connectivity index (χ1v) is 11.7. The Bertz CT molecular complexity index is 759. The monoisotopic (exact) mass is 412 g/mol. The molecule has 0 aromatic heterocycles. The standard InChI is InChI=1S/C20H32N2O5S/c1-19(9-14-28(25,26)16-19)22(12-13-23)15-20(24)7-10-21(11-8-20)17-3-5-18(27-2)6-4-17/h3-6,23-24H,7-16H2,1-2H3/t19-/m1/s1. The van der Waals surface area contributed by atoms with E-state index in [1.165, 1.54) is 0 Å². The van der Waals surface area contributed by atoms with Crippen molar-refractivity contribution in [1.82, 2.24) is 4.90 Å². The number of hydrogen-bond donors (Lipinski definition) is 2. The quantitative estimate of drug-likeness (QED) is 0.688. The zero-order valence-corrected chi connectivity index (χ0v) is 17.6. The second kappa shape index (κ2) is 8.18. The van der Waals surface area contributed by atoms with Crippen LogP contribution in [0.4, 0.5) is 5.69 Å². The van der Waals surface area contributed by atoms with E-state index in [4.69, 9.17) is 4.74 Å². The zero-order valence-electron chi connectivity index (χ0n) is 16.8. The van der Waals surface area contributed by atoms with Crippen molar-refractivity contribution >= 4 is 15.5 Å². The minimum absolute atomic E-state index is 0.0519. The van der Waals surface area contributed by atoms with Crippen LogP contribution >= 0.6 is 0 Å². The summed E-state index contributed by atoms with van der Waals surface area (Å²) >= 11 is 0. The molecule has 0 aliphatic carbocycles. The molecule has 28 heavy (non-hydrogen) atoms. The number of rotatable bonds is 7. The molecule has 2 saturated heterocycles. The van der Waals surface area contributed by atoms with Crippen molar-refractivity contribution in [3.8, 4) is 5.75 Å². The van der Waals surface area contributed by atoms with E-state index in [-0.39, 0.29) is 18.1 Å². The second-order valence-electron chi connectivity index (χ2n) is 8.39. The number of benzene rings is 1. The number of nitrogens with zero attached hydrogens (tertiary/aromatic N) is 2. The molecule has 0 amide bonds. The molecule has 0 radical (unpaired) electrons. The van der Waals surface area contributed by atoms with Gasteiger partial charge in [0.2, 0.25) is 0 Å². The average molecular weight is 413 g/mol. The molecule has 1 aromatic rings. The van der Waals surface area contributed by atoms with Gasteiger partial charge in [0.15, 0.2) is 9.84 Å². The van der Waals surface area contributed by atoms with Crippen LogP contribution < -0.4 is 9.64 Å². The number of piperidine rings is 1. The van der Waals surface area contributed by atoms with Crippen molar-refractivity contribution in [1.29, 1.82) is 0 Å². The van der Waals surface area contributed by atoms with Gasteiger partial charge in [0, 0.05) is 37.4 Å². The third kappa shape index (κ3) is 4.79. The van der Waals surface area contributed by atoms with Gasteiger partial charge in [-0.1, -0.05) is 0 Å². The third-order valence-corrected chi connectivity index (χ3v) is 8.12. The van der Waals surface area contributed by atoms with Crippen molar-refractivity contribution in [2.45, 2.75) is 37.3 Å². The molecule has 8 heteroatoms. The first-order valence-electron chi connectivity index (χ1n) is 9.86. The molecule has 0 unspecified atom stereocenters. The molecular formula is C20H32N2O5S. The third-order valence-electron chi connectivity index (χ3n) is 6.23. The van der Waals surface area contributed by atoms with E-state index in [9.17, 15) is 18.6 Å². The van der Waals surface area contributed by atoms with Crippen molar-refractivity contribution in [2.75, 3.05) is 56.3 Å². The van der Waals surface area contributed by atoms with Crippen LogP contribution in [0, 0.1) is 0 Å². The van der Waals surface area contributed by atoms with Crippen molar-refractivity contribution in [3.63, 3.8) is 0 Å². The SMILES string of the molecule is COc1ccc(N2CCC(O)(CN(CCO)[C@]3(C)CCS(=O)(=O)C3)CC2)cc1. The number of hydrogen-bond acceptors (Lipinski definition) is 7. The lowest BCUT2D eigenvalue weighted by Crippen LogP contribution is -2.57. The smallest absolute Gasteiger partial charge is 0.152 e. The van der Waals surface area contributed by atoms with Gasteiger partial charge in [-0.05, 0) is 50.5 Å². The highest BCUT2D eigenvalue weighted by atomic mass is 32.2. The fourth-order valence-corrected chi connectivity index (χ4v) is 6.56.